The first-order chi connectivity index (χ1) is 7.91. The lowest BCUT2D eigenvalue weighted by Crippen LogP contribution is -2.34. The minimum atomic E-state index is 0.441. The van der Waals surface area contributed by atoms with Crippen LogP contribution in [0.25, 0.3) is 0 Å². The van der Waals surface area contributed by atoms with Crippen LogP contribution in [0.15, 0.2) is 0 Å². The summed E-state index contributed by atoms with van der Waals surface area (Å²) in [5, 5.41) is 3.73. The highest BCUT2D eigenvalue weighted by Crippen LogP contribution is 2.30. The van der Waals surface area contributed by atoms with Gasteiger partial charge in [-0.25, -0.2) is 0 Å². The van der Waals surface area contributed by atoms with Gasteiger partial charge in [0.2, 0.25) is 0 Å². The maximum atomic E-state index is 3.73. The average molecular weight is 241 g/mol. The Hall–Kier alpha value is -0.0400. The first kappa shape index (κ1) is 17.0. The van der Waals surface area contributed by atoms with Gasteiger partial charge in [-0.2, -0.15) is 0 Å². The summed E-state index contributed by atoms with van der Waals surface area (Å²) in [5.41, 5.74) is 0.441. The van der Waals surface area contributed by atoms with Crippen LogP contribution in [0.2, 0.25) is 0 Å². The molecule has 0 aliphatic rings. The maximum absolute atomic E-state index is 3.73. The fourth-order valence-corrected chi connectivity index (χ4v) is 2.07. The average Bonchev–Trinajstić information content (AvgIpc) is 2.24. The van der Waals surface area contributed by atoms with Crippen molar-refractivity contribution in [2.75, 3.05) is 6.54 Å². The van der Waals surface area contributed by atoms with Crippen LogP contribution < -0.4 is 5.32 Å². The van der Waals surface area contributed by atoms with Gasteiger partial charge in [-0.05, 0) is 37.1 Å². The molecule has 17 heavy (non-hydrogen) atoms. The summed E-state index contributed by atoms with van der Waals surface area (Å²) >= 11 is 0. The molecule has 0 radical (unpaired) electrons. The maximum Gasteiger partial charge on any atom is 0.00697 e. The van der Waals surface area contributed by atoms with Crippen LogP contribution in [0.5, 0.6) is 0 Å². The van der Waals surface area contributed by atoms with Crippen LogP contribution in [0, 0.1) is 11.3 Å². The Morgan fingerprint density at radius 3 is 2.12 bits per heavy atom. The zero-order chi connectivity index (χ0) is 13.3. The Morgan fingerprint density at radius 2 is 1.65 bits per heavy atom. The van der Waals surface area contributed by atoms with Crippen molar-refractivity contribution in [3.05, 3.63) is 0 Å². The molecule has 0 aromatic heterocycles. The Bertz CT molecular complexity index is 169. The molecule has 0 aromatic rings. The number of hydrogen-bond donors (Lipinski definition) is 1. The van der Waals surface area contributed by atoms with E-state index in [0.29, 0.717) is 5.41 Å². The second kappa shape index (κ2) is 8.97. The third-order valence-corrected chi connectivity index (χ3v) is 3.96. The third kappa shape index (κ3) is 8.65. The molecule has 2 atom stereocenters. The van der Waals surface area contributed by atoms with Crippen molar-refractivity contribution in [3.63, 3.8) is 0 Å². The van der Waals surface area contributed by atoms with Crippen LogP contribution in [-0.2, 0) is 0 Å². The standard InChI is InChI=1S/C16H35N/c1-7-9-10-11-15(17-12-8-2)13-14(3)16(4,5)6/h14-15,17H,7-13H2,1-6H3. The van der Waals surface area contributed by atoms with E-state index in [1.165, 1.54) is 45.1 Å². The quantitative estimate of drug-likeness (QED) is 0.560. The molecule has 1 heteroatoms. The predicted octanol–water partition coefficient (Wildman–Crippen LogP) is 5.01. The van der Waals surface area contributed by atoms with Gasteiger partial charge >= 0.3 is 0 Å². The Balaban J connectivity index is 4.07. The highest BCUT2D eigenvalue weighted by Gasteiger charge is 2.23. The SMILES string of the molecule is CCCCCC(CC(C)C(C)(C)C)NCCC. The number of nitrogens with one attached hydrogen (secondary N) is 1. The Morgan fingerprint density at radius 1 is 1.00 bits per heavy atom. The molecule has 2 unspecified atom stereocenters. The second-order valence-corrected chi connectivity index (χ2v) is 6.65. The van der Waals surface area contributed by atoms with Crippen molar-refractivity contribution in [1.82, 2.24) is 5.32 Å². The summed E-state index contributed by atoms with van der Waals surface area (Å²) < 4.78 is 0. The summed E-state index contributed by atoms with van der Waals surface area (Å²) in [7, 11) is 0. The van der Waals surface area contributed by atoms with Crippen molar-refractivity contribution in [3.8, 4) is 0 Å². The van der Waals surface area contributed by atoms with E-state index in [9.17, 15) is 0 Å². The van der Waals surface area contributed by atoms with E-state index in [4.69, 9.17) is 0 Å². The van der Waals surface area contributed by atoms with Crippen molar-refractivity contribution < 1.29 is 0 Å². The van der Waals surface area contributed by atoms with Gasteiger partial charge in [0, 0.05) is 6.04 Å². The van der Waals surface area contributed by atoms with Crippen molar-refractivity contribution in [1.29, 1.82) is 0 Å². The molecule has 1 nitrogen and oxygen atoms in total. The minimum absolute atomic E-state index is 0.441. The van der Waals surface area contributed by atoms with Gasteiger partial charge in [-0.15, -0.1) is 0 Å². The zero-order valence-corrected chi connectivity index (χ0v) is 13.1. The lowest BCUT2D eigenvalue weighted by molar-refractivity contribution is 0.217. The lowest BCUT2D eigenvalue weighted by atomic mass is 9.78. The minimum Gasteiger partial charge on any atom is -0.314 e. The van der Waals surface area contributed by atoms with Crippen molar-refractivity contribution in [2.45, 2.75) is 86.1 Å². The molecule has 0 aliphatic carbocycles. The van der Waals surface area contributed by atoms with Crippen LogP contribution in [0.3, 0.4) is 0 Å². The van der Waals surface area contributed by atoms with Crippen molar-refractivity contribution in [2.24, 2.45) is 11.3 Å². The van der Waals surface area contributed by atoms with Crippen molar-refractivity contribution >= 4 is 0 Å². The molecule has 0 saturated heterocycles. The monoisotopic (exact) mass is 241 g/mol. The summed E-state index contributed by atoms with van der Waals surface area (Å²) in [6.45, 7) is 15.2. The van der Waals surface area contributed by atoms with Gasteiger partial charge in [-0.3, -0.25) is 0 Å². The first-order valence-electron chi connectivity index (χ1n) is 7.65. The molecule has 0 rings (SSSR count). The molecule has 1 N–H and O–H groups in total. The van der Waals surface area contributed by atoms with E-state index in [2.05, 4.69) is 46.9 Å². The van der Waals surface area contributed by atoms with E-state index in [1.54, 1.807) is 0 Å². The molecule has 0 aromatic carbocycles. The normalized spacial score (nSPS) is 15.9. The van der Waals surface area contributed by atoms with E-state index >= 15 is 0 Å². The number of rotatable bonds is 9. The molecule has 0 bridgehead atoms. The van der Waals surface area contributed by atoms with Crippen LogP contribution in [0.1, 0.15) is 80.1 Å². The van der Waals surface area contributed by atoms with Gasteiger partial charge in [0.25, 0.3) is 0 Å². The highest BCUT2D eigenvalue weighted by molar-refractivity contribution is 4.77. The summed E-state index contributed by atoms with van der Waals surface area (Å²) in [6.07, 6.45) is 8.02. The van der Waals surface area contributed by atoms with E-state index in [0.717, 1.165) is 12.0 Å². The topological polar surface area (TPSA) is 12.0 Å². The van der Waals surface area contributed by atoms with Gasteiger partial charge in [0.1, 0.15) is 0 Å². The molecule has 0 spiro atoms. The van der Waals surface area contributed by atoms with Gasteiger partial charge < -0.3 is 5.32 Å². The van der Waals surface area contributed by atoms with E-state index in [1.807, 2.05) is 0 Å². The Labute approximate surface area is 110 Å². The van der Waals surface area contributed by atoms with Gasteiger partial charge in [0.05, 0.1) is 0 Å². The fraction of sp³-hybridized carbons (Fsp3) is 1.00. The van der Waals surface area contributed by atoms with Gasteiger partial charge in [-0.1, -0.05) is 60.8 Å². The molecule has 0 fully saturated rings. The molecular formula is C16H35N. The van der Waals surface area contributed by atoms with E-state index < -0.39 is 0 Å². The smallest absolute Gasteiger partial charge is 0.00697 e. The van der Waals surface area contributed by atoms with E-state index in [-0.39, 0.29) is 0 Å². The fourth-order valence-electron chi connectivity index (χ4n) is 2.07. The number of unbranched alkanes of at least 4 members (excludes halogenated alkanes) is 2. The molecule has 0 heterocycles. The molecule has 0 saturated carbocycles. The summed E-state index contributed by atoms with van der Waals surface area (Å²) in [4.78, 5) is 0. The summed E-state index contributed by atoms with van der Waals surface area (Å²) in [5.74, 6) is 0.790. The van der Waals surface area contributed by atoms with Crippen LogP contribution in [-0.4, -0.2) is 12.6 Å². The molecule has 0 aliphatic heterocycles. The lowest BCUT2D eigenvalue weighted by Gasteiger charge is -2.31. The largest absolute Gasteiger partial charge is 0.314 e. The second-order valence-electron chi connectivity index (χ2n) is 6.65. The van der Waals surface area contributed by atoms with Gasteiger partial charge in [0.15, 0.2) is 0 Å². The number of hydrogen-bond acceptors (Lipinski definition) is 1. The Kier molecular flexibility index (Phi) is 8.94. The highest BCUT2D eigenvalue weighted by atomic mass is 14.9. The molecular weight excluding hydrogens is 206 g/mol. The third-order valence-electron chi connectivity index (χ3n) is 3.96. The molecule has 0 amide bonds. The van der Waals surface area contributed by atoms with Crippen LogP contribution >= 0.6 is 0 Å². The zero-order valence-electron chi connectivity index (χ0n) is 13.1. The summed E-state index contributed by atoms with van der Waals surface area (Å²) in [6, 6.07) is 0.732. The predicted molar refractivity (Wildman–Crippen MR) is 79.5 cm³/mol. The van der Waals surface area contributed by atoms with Crippen LogP contribution in [0.4, 0.5) is 0 Å². The first-order valence-corrected chi connectivity index (χ1v) is 7.65. The molecule has 104 valence electrons.